The minimum Gasteiger partial charge on any atom is -0.491 e. The van der Waals surface area contributed by atoms with Crippen LogP contribution in [0, 0.1) is 0 Å². The van der Waals surface area contributed by atoms with Crippen LogP contribution in [0.3, 0.4) is 0 Å². The molecule has 1 aliphatic heterocycles. The number of amides is 2. The summed E-state index contributed by atoms with van der Waals surface area (Å²) in [6, 6.07) is 4.72. The summed E-state index contributed by atoms with van der Waals surface area (Å²) >= 11 is 0. The SMILES string of the molecule is CCCOc1cc(NC2CC(=O)N(C)C2=O)ccc1N. The van der Waals surface area contributed by atoms with Gasteiger partial charge in [0.05, 0.1) is 18.7 Å². The Labute approximate surface area is 117 Å². The molecule has 1 heterocycles. The molecule has 1 aliphatic rings. The zero-order valence-corrected chi connectivity index (χ0v) is 11.7. The van der Waals surface area contributed by atoms with Gasteiger partial charge in [0, 0.05) is 18.8 Å². The van der Waals surface area contributed by atoms with Gasteiger partial charge in [-0.3, -0.25) is 14.5 Å². The molecule has 1 fully saturated rings. The van der Waals surface area contributed by atoms with Crippen LogP contribution in [0.1, 0.15) is 19.8 Å². The number of nitrogens with two attached hydrogens (primary N) is 1. The molecule has 1 unspecified atom stereocenters. The summed E-state index contributed by atoms with van der Waals surface area (Å²) in [7, 11) is 1.49. The molecule has 0 spiro atoms. The Balaban J connectivity index is 2.10. The van der Waals surface area contributed by atoms with Crippen molar-refractivity contribution in [2.75, 3.05) is 24.7 Å². The fraction of sp³-hybridized carbons (Fsp3) is 0.429. The van der Waals surface area contributed by atoms with E-state index in [0.29, 0.717) is 23.7 Å². The smallest absolute Gasteiger partial charge is 0.251 e. The van der Waals surface area contributed by atoms with Crippen LogP contribution in [-0.4, -0.2) is 36.4 Å². The third kappa shape index (κ3) is 2.84. The van der Waals surface area contributed by atoms with Crippen molar-refractivity contribution in [3.8, 4) is 5.75 Å². The second-order valence-electron chi connectivity index (χ2n) is 4.79. The van der Waals surface area contributed by atoms with E-state index < -0.39 is 6.04 Å². The summed E-state index contributed by atoms with van der Waals surface area (Å²) in [5.41, 5.74) is 7.09. The van der Waals surface area contributed by atoms with Gasteiger partial charge in [-0.2, -0.15) is 0 Å². The zero-order chi connectivity index (χ0) is 14.7. The van der Waals surface area contributed by atoms with E-state index in [2.05, 4.69) is 5.32 Å². The highest BCUT2D eigenvalue weighted by molar-refractivity contribution is 6.06. The summed E-state index contributed by atoms with van der Waals surface area (Å²) in [6.07, 6.45) is 1.06. The summed E-state index contributed by atoms with van der Waals surface area (Å²) in [5, 5.41) is 3.05. The minimum atomic E-state index is -0.518. The average Bonchev–Trinajstić information content (AvgIpc) is 2.67. The number of anilines is 2. The van der Waals surface area contributed by atoms with Crippen LogP contribution < -0.4 is 15.8 Å². The molecule has 2 rings (SSSR count). The molecule has 108 valence electrons. The molecule has 1 saturated heterocycles. The van der Waals surface area contributed by atoms with E-state index in [-0.39, 0.29) is 18.2 Å². The van der Waals surface area contributed by atoms with Gasteiger partial charge in [-0.05, 0) is 18.6 Å². The van der Waals surface area contributed by atoms with E-state index in [0.717, 1.165) is 11.3 Å². The topological polar surface area (TPSA) is 84.7 Å². The van der Waals surface area contributed by atoms with Gasteiger partial charge in [0.2, 0.25) is 5.91 Å². The highest BCUT2D eigenvalue weighted by atomic mass is 16.5. The Morgan fingerprint density at radius 3 is 2.80 bits per heavy atom. The first-order valence-electron chi connectivity index (χ1n) is 6.62. The van der Waals surface area contributed by atoms with Crippen molar-refractivity contribution in [2.24, 2.45) is 0 Å². The number of rotatable bonds is 5. The predicted molar refractivity (Wildman–Crippen MR) is 76.4 cm³/mol. The van der Waals surface area contributed by atoms with Crippen LogP contribution in [0.4, 0.5) is 11.4 Å². The van der Waals surface area contributed by atoms with E-state index in [1.807, 2.05) is 6.92 Å². The monoisotopic (exact) mass is 277 g/mol. The van der Waals surface area contributed by atoms with E-state index in [1.54, 1.807) is 18.2 Å². The molecule has 2 amide bonds. The van der Waals surface area contributed by atoms with Crippen LogP contribution in [0.5, 0.6) is 5.75 Å². The van der Waals surface area contributed by atoms with Gasteiger partial charge in [-0.15, -0.1) is 0 Å². The van der Waals surface area contributed by atoms with Gasteiger partial charge >= 0.3 is 0 Å². The number of ether oxygens (including phenoxy) is 1. The molecule has 1 aromatic carbocycles. The number of likely N-dealkylation sites (tertiary alicyclic amines) is 1. The summed E-state index contributed by atoms with van der Waals surface area (Å²) in [6.45, 7) is 2.59. The zero-order valence-electron chi connectivity index (χ0n) is 11.7. The van der Waals surface area contributed by atoms with Crippen molar-refractivity contribution < 1.29 is 14.3 Å². The number of nitrogens with one attached hydrogen (secondary N) is 1. The Morgan fingerprint density at radius 2 is 2.20 bits per heavy atom. The van der Waals surface area contributed by atoms with Crippen LogP contribution in [0.25, 0.3) is 0 Å². The number of imide groups is 1. The minimum absolute atomic E-state index is 0.171. The Morgan fingerprint density at radius 1 is 1.45 bits per heavy atom. The lowest BCUT2D eigenvalue weighted by Crippen LogP contribution is -2.31. The molecule has 0 bridgehead atoms. The van der Waals surface area contributed by atoms with Gasteiger partial charge < -0.3 is 15.8 Å². The van der Waals surface area contributed by atoms with Gasteiger partial charge in [-0.25, -0.2) is 0 Å². The van der Waals surface area contributed by atoms with Gasteiger partial charge in [0.1, 0.15) is 11.8 Å². The Bertz CT molecular complexity index is 530. The van der Waals surface area contributed by atoms with Gasteiger partial charge in [0.25, 0.3) is 5.91 Å². The molecule has 0 radical (unpaired) electrons. The van der Waals surface area contributed by atoms with Crippen molar-refractivity contribution in [3.63, 3.8) is 0 Å². The lowest BCUT2D eigenvalue weighted by molar-refractivity contribution is -0.136. The van der Waals surface area contributed by atoms with Crippen LogP contribution in [0.2, 0.25) is 0 Å². The predicted octanol–water partition coefficient (Wildman–Crippen LogP) is 1.23. The quantitative estimate of drug-likeness (QED) is 0.624. The molecule has 6 heteroatoms. The van der Waals surface area contributed by atoms with Gasteiger partial charge in [-0.1, -0.05) is 6.92 Å². The first kappa shape index (κ1) is 14.2. The number of hydrogen-bond donors (Lipinski definition) is 2. The highest BCUT2D eigenvalue weighted by Crippen LogP contribution is 2.27. The fourth-order valence-corrected chi connectivity index (χ4v) is 2.03. The molecule has 0 aliphatic carbocycles. The second kappa shape index (κ2) is 5.81. The molecule has 20 heavy (non-hydrogen) atoms. The lowest BCUT2D eigenvalue weighted by atomic mass is 10.2. The number of likely N-dealkylation sites (N-methyl/N-ethyl adjacent to an activating group) is 1. The second-order valence-corrected chi connectivity index (χ2v) is 4.79. The standard InChI is InChI=1S/C14H19N3O3/c1-3-6-20-12-7-9(4-5-10(12)15)16-11-8-13(18)17(2)14(11)19/h4-5,7,11,16H,3,6,8,15H2,1-2H3. The normalized spacial score (nSPS) is 18.5. The van der Waals surface area contributed by atoms with E-state index in [1.165, 1.54) is 7.05 Å². The van der Waals surface area contributed by atoms with Crippen LogP contribution in [-0.2, 0) is 9.59 Å². The third-order valence-corrected chi connectivity index (χ3v) is 3.20. The molecular formula is C14H19N3O3. The van der Waals surface area contributed by atoms with Crippen LogP contribution in [0.15, 0.2) is 18.2 Å². The molecule has 1 aromatic rings. The van der Waals surface area contributed by atoms with E-state index >= 15 is 0 Å². The maximum Gasteiger partial charge on any atom is 0.251 e. The molecule has 0 aromatic heterocycles. The molecule has 3 N–H and O–H groups in total. The van der Waals surface area contributed by atoms with E-state index in [9.17, 15) is 9.59 Å². The summed E-state index contributed by atoms with van der Waals surface area (Å²) < 4.78 is 5.53. The number of nitrogen functional groups attached to an aromatic ring is 1. The van der Waals surface area contributed by atoms with Crippen molar-refractivity contribution >= 4 is 23.2 Å². The van der Waals surface area contributed by atoms with Crippen molar-refractivity contribution in [1.29, 1.82) is 0 Å². The Hall–Kier alpha value is -2.24. The first-order valence-corrected chi connectivity index (χ1v) is 6.62. The van der Waals surface area contributed by atoms with Crippen molar-refractivity contribution in [3.05, 3.63) is 18.2 Å². The third-order valence-electron chi connectivity index (χ3n) is 3.20. The highest BCUT2D eigenvalue weighted by Gasteiger charge is 2.35. The van der Waals surface area contributed by atoms with Crippen molar-refractivity contribution in [1.82, 2.24) is 4.90 Å². The fourth-order valence-electron chi connectivity index (χ4n) is 2.03. The maximum absolute atomic E-state index is 11.8. The van der Waals surface area contributed by atoms with E-state index in [4.69, 9.17) is 10.5 Å². The maximum atomic E-state index is 11.8. The molecule has 1 atom stereocenters. The lowest BCUT2D eigenvalue weighted by Gasteiger charge is -2.14. The molecule has 0 saturated carbocycles. The Kier molecular flexibility index (Phi) is 4.12. The number of nitrogens with zero attached hydrogens (tertiary/aromatic N) is 1. The largest absolute Gasteiger partial charge is 0.491 e. The number of carbonyl (C=O) groups excluding carboxylic acids is 2. The van der Waals surface area contributed by atoms with Crippen molar-refractivity contribution in [2.45, 2.75) is 25.8 Å². The van der Waals surface area contributed by atoms with Crippen LogP contribution >= 0.6 is 0 Å². The molecular weight excluding hydrogens is 258 g/mol. The summed E-state index contributed by atoms with van der Waals surface area (Å²) in [5.74, 6) is 0.190. The molecule has 6 nitrogen and oxygen atoms in total. The average molecular weight is 277 g/mol. The number of carbonyl (C=O) groups is 2. The first-order chi connectivity index (χ1) is 9.52. The number of benzene rings is 1. The number of hydrogen-bond acceptors (Lipinski definition) is 5. The summed E-state index contributed by atoms with van der Waals surface area (Å²) in [4.78, 5) is 24.4. The van der Waals surface area contributed by atoms with Gasteiger partial charge in [0.15, 0.2) is 0 Å².